The Kier molecular flexibility index (Phi) is 4.93. The summed E-state index contributed by atoms with van der Waals surface area (Å²) in [5.41, 5.74) is 0. The highest BCUT2D eigenvalue weighted by Gasteiger charge is 2.44. The maximum Gasteiger partial charge on any atom is 0.334 e. The van der Waals surface area contributed by atoms with Gasteiger partial charge in [0.2, 0.25) is 5.91 Å². The highest BCUT2D eigenvalue weighted by Crippen LogP contribution is 2.17. The lowest BCUT2D eigenvalue weighted by Crippen LogP contribution is -2.44. The molecule has 7 nitrogen and oxygen atoms in total. The quantitative estimate of drug-likeness (QED) is 0.468. The standard InChI is InChI=1S/C14H21N3O4/c1-2-16-12(19)13(20)17(14(16)21)9-11(18)15-10-7-5-3-4-6-8-10/h10H,2-9H2,1H3,(H,15,18). The Bertz CT molecular complexity index is 455. The van der Waals surface area contributed by atoms with Crippen molar-refractivity contribution in [1.29, 1.82) is 0 Å². The first kappa shape index (κ1) is 15.5. The zero-order valence-corrected chi connectivity index (χ0v) is 12.3. The number of rotatable bonds is 4. The average molecular weight is 295 g/mol. The molecular formula is C14H21N3O4. The topological polar surface area (TPSA) is 86.8 Å². The number of nitrogens with zero attached hydrogens (tertiary/aromatic N) is 2. The summed E-state index contributed by atoms with van der Waals surface area (Å²) in [5, 5.41) is 2.86. The highest BCUT2D eigenvalue weighted by atomic mass is 16.2. The third-order valence-electron chi connectivity index (χ3n) is 3.97. The summed E-state index contributed by atoms with van der Waals surface area (Å²) in [4.78, 5) is 48.7. The third kappa shape index (κ3) is 3.40. The molecule has 0 spiro atoms. The van der Waals surface area contributed by atoms with Crippen LogP contribution in [0.4, 0.5) is 4.79 Å². The van der Waals surface area contributed by atoms with E-state index in [4.69, 9.17) is 0 Å². The number of likely N-dealkylation sites (N-methyl/N-ethyl adjacent to an activating group) is 1. The van der Waals surface area contributed by atoms with E-state index in [2.05, 4.69) is 5.32 Å². The van der Waals surface area contributed by atoms with Gasteiger partial charge in [-0.2, -0.15) is 0 Å². The second-order valence-corrected chi connectivity index (χ2v) is 5.48. The van der Waals surface area contributed by atoms with Gasteiger partial charge in [-0.15, -0.1) is 0 Å². The molecule has 21 heavy (non-hydrogen) atoms. The van der Waals surface area contributed by atoms with Gasteiger partial charge in [0.25, 0.3) is 0 Å². The Labute approximate surface area is 123 Å². The van der Waals surface area contributed by atoms with Crippen LogP contribution in [-0.2, 0) is 14.4 Å². The van der Waals surface area contributed by atoms with Crippen molar-refractivity contribution in [3.05, 3.63) is 0 Å². The van der Waals surface area contributed by atoms with Crippen LogP contribution in [0, 0.1) is 0 Å². The molecule has 5 amide bonds. The van der Waals surface area contributed by atoms with Gasteiger partial charge < -0.3 is 5.32 Å². The molecule has 2 rings (SSSR count). The molecule has 0 aromatic carbocycles. The van der Waals surface area contributed by atoms with Crippen LogP contribution in [0.25, 0.3) is 0 Å². The fraction of sp³-hybridized carbons (Fsp3) is 0.714. The van der Waals surface area contributed by atoms with Crippen LogP contribution in [0.1, 0.15) is 45.4 Å². The fourth-order valence-electron chi connectivity index (χ4n) is 2.81. The van der Waals surface area contributed by atoms with Crippen LogP contribution in [0.2, 0.25) is 0 Å². The number of nitrogens with one attached hydrogen (secondary N) is 1. The zero-order chi connectivity index (χ0) is 15.4. The van der Waals surface area contributed by atoms with Crippen molar-refractivity contribution >= 4 is 23.8 Å². The average Bonchev–Trinajstić information content (AvgIpc) is 2.68. The van der Waals surface area contributed by atoms with Crippen molar-refractivity contribution in [1.82, 2.24) is 15.1 Å². The third-order valence-corrected chi connectivity index (χ3v) is 3.97. The maximum atomic E-state index is 12.0. The predicted molar refractivity (Wildman–Crippen MR) is 74.1 cm³/mol. The SMILES string of the molecule is CCN1C(=O)C(=O)N(CC(=O)NC2CCCCCC2)C1=O. The van der Waals surface area contributed by atoms with Crippen LogP contribution >= 0.6 is 0 Å². The normalized spacial score (nSPS) is 20.9. The first-order valence-electron chi connectivity index (χ1n) is 7.51. The number of carbonyl (C=O) groups excluding carboxylic acids is 4. The summed E-state index contributed by atoms with van der Waals surface area (Å²) in [5.74, 6) is -2.16. The van der Waals surface area contributed by atoms with Crippen LogP contribution in [0.5, 0.6) is 0 Å². The minimum absolute atomic E-state index is 0.103. The summed E-state index contributed by atoms with van der Waals surface area (Å²) in [7, 11) is 0. The van der Waals surface area contributed by atoms with Crippen LogP contribution < -0.4 is 5.32 Å². The van der Waals surface area contributed by atoms with Crippen molar-refractivity contribution in [3.8, 4) is 0 Å². The Morgan fingerprint density at radius 3 is 2.14 bits per heavy atom. The molecule has 2 fully saturated rings. The van der Waals surface area contributed by atoms with Gasteiger partial charge in [-0.1, -0.05) is 25.7 Å². The highest BCUT2D eigenvalue weighted by molar-refractivity contribution is 6.45. The zero-order valence-electron chi connectivity index (χ0n) is 12.3. The van der Waals surface area contributed by atoms with E-state index in [1.165, 1.54) is 12.8 Å². The van der Waals surface area contributed by atoms with Crippen LogP contribution in [-0.4, -0.2) is 52.7 Å². The first-order chi connectivity index (χ1) is 10.0. The maximum absolute atomic E-state index is 12.0. The van der Waals surface area contributed by atoms with Crippen LogP contribution in [0.3, 0.4) is 0 Å². The molecule has 0 bridgehead atoms. The number of hydrogen-bond donors (Lipinski definition) is 1. The van der Waals surface area contributed by atoms with E-state index < -0.39 is 17.8 Å². The van der Waals surface area contributed by atoms with E-state index in [-0.39, 0.29) is 25.0 Å². The van der Waals surface area contributed by atoms with Gasteiger partial charge in [-0.3, -0.25) is 19.3 Å². The van der Waals surface area contributed by atoms with Gasteiger partial charge in [-0.05, 0) is 19.8 Å². The molecule has 1 saturated heterocycles. The summed E-state index contributed by atoms with van der Waals surface area (Å²) in [6.45, 7) is 1.36. The summed E-state index contributed by atoms with van der Waals surface area (Å²) < 4.78 is 0. The molecule has 0 radical (unpaired) electrons. The van der Waals surface area contributed by atoms with Gasteiger partial charge in [0.05, 0.1) is 0 Å². The Balaban J connectivity index is 1.91. The lowest BCUT2D eigenvalue weighted by molar-refractivity contribution is -0.144. The second kappa shape index (κ2) is 6.69. The van der Waals surface area contributed by atoms with E-state index in [0.717, 1.165) is 35.5 Å². The van der Waals surface area contributed by atoms with E-state index in [1.807, 2.05) is 0 Å². The number of urea groups is 1. The van der Waals surface area contributed by atoms with Gasteiger partial charge >= 0.3 is 17.8 Å². The molecule has 1 N–H and O–H groups in total. The van der Waals surface area contributed by atoms with Gasteiger partial charge in [0, 0.05) is 12.6 Å². The van der Waals surface area contributed by atoms with Crippen molar-refractivity contribution < 1.29 is 19.2 Å². The van der Waals surface area contributed by atoms with Crippen molar-refractivity contribution in [2.45, 2.75) is 51.5 Å². The number of hydrogen-bond acceptors (Lipinski definition) is 4. The van der Waals surface area contributed by atoms with E-state index in [0.29, 0.717) is 0 Å². The lowest BCUT2D eigenvalue weighted by atomic mass is 10.1. The largest absolute Gasteiger partial charge is 0.352 e. The molecule has 1 saturated carbocycles. The molecule has 1 aliphatic carbocycles. The van der Waals surface area contributed by atoms with Crippen molar-refractivity contribution in [2.75, 3.05) is 13.1 Å². The molecule has 0 unspecified atom stereocenters. The molecule has 0 atom stereocenters. The molecule has 0 aromatic heterocycles. The second-order valence-electron chi connectivity index (χ2n) is 5.48. The van der Waals surface area contributed by atoms with E-state index >= 15 is 0 Å². The minimum atomic E-state index is -0.919. The molecule has 1 heterocycles. The Morgan fingerprint density at radius 1 is 1.05 bits per heavy atom. The van der Waals surface area contributed by atoms with Gasteiger partial charge in [-0.25, -0.2) is 9.69 Å². The van der Waals surface area contributed by atoms with Crippen molar-refractivity contribution in [3.63, 3.8) is 0 Å². The number of carbonyl (C=O) groups is 4. The molecule has 7 heteroatoms. The molecule has 2 aliphatic rings. The summed E-state index contributed by atoms with van der Waals surface area (Å²) in [6, 6.07) is -0.602. The predicted octanol–water partition coefficient (Wildman–Crippen LogP) is 0.636. The van der Waals surface area contributed by atoms with Gasteiger partial charge in [0.1, 0.15) is 6.54 Å². The number of amides is 5. The minimum Gasteiger partial charge on any atom is -0.352 e. The molecule has 0 aromatic rings. The van der Waals surface area contributed by atoms with Gasteiger partial charge in [0.15, 0.2) is 0 Å². The van der Waals surface area contributed by atoms with Crippen molar-refractivity contribution in [2.24, 2.45) is 0 Å². The smallest absolute Gasteiger partial charge is 0.334 e. The molecular weight excluding hydrogens is 274 g/mol. The van der Waals surface area contributed by atoms with Crippen LogP contribution in [0.15, 0.2) is 0 Å². The molecule has 116 valence electrons. The Morgan fingerprint density at radius 2 is 1.62 bits per heavy atom. The lowest BCUT2D eigenvalue weighted by Gasteiger charge is -2.18. The molecule has 1 aliphatic heterocycles. The first-order valence-corrected chi connectivity index (χ1v) is 7.51. The van der Waals surface area contributed by atoms with E-state index in [9.17, 15) is 19.2 Å². The summed E-state index contributed by atoms with van der Waals surface area (Å²) in [6.07, 6.45) is 6.36. The summed E-state index contributed by atoms with van der Waals surface area (Å²) >= 11 is 0. The van der Waals surface area contributed by atoms with E-state index in [1.54, 1.807) is 6.92 Å². The number of imide groups is 2. The Hall–Kier alpha value is -1.92. The fourth-order valence-corrected chi connectivity index (χ4v) is 2.81. The monoisotopic (exact) mass is 295 g/mol.